The van der Waals surface area contributed by atoms with Gasteiger partial charge in [-0.1, -0.05) is 30.3 Å². The number of hydrogen-bond donors (Lipinski definition) is 1. The van der Waals surface area contributed by atoms with Crippen molar-refractivity contribution in [3.63, 3.8) is 0 Å². The predicted molar refractivity (Wildman–Crippen MR) is 77.2 cm³/mol. The van der Waals surface area contributed by atoms with Gasteiger partial charge < -0.3 is 5.32 Å². The third-order valence-corrected chi connectivity index (χ3v) is 3.69. The molecule has 1 N–H and O–H groups in total. The van der Waals surface area contributed by atoms with Gasteiger partial charge in [-0.2, -0.15) is 13.2 Å². The smallest absolute Gasteiger partial charge is 0.381 e. The lowest BCUT2D eigenvalue weighted by Gasteiger charge is -2.11. The number of halogens is 3. The first kappa shape index (κ1) is 14.0. The van der Waals surface area contributed by atoms with Crippen molar-refractivity contribution < 1.29 is 13.2 Å². The lowest BCUT2D eigenvalue weighted by atomic mass is 10.1. The molecule has 1 saturated carbocycles. The molecule has 0 amide bonds. The van der Waals surface area contributed by atoms with Crippen LogP contribution in [0.5, 0.6) is 0 Å². The molecule has 1 fully saturated rings. The molecule has 1 nitrogen and oxygen atoms in total. The van der Waals surface area contributed by atoms with Crippen LogP contribution < -0.4 is 5.32 Å². The Labute approximate surface area is 121 Å². The molecule has 0 atom stereocenters. The Morgan fingerprint density at radius 2 is 1.76 bits per heavy atom. The first-order valence-corrected chi connectivity index (χ1v) is 7.02. The summed E-state index contributed by atoms with van der Waals surface area (Å²) in [7, 11) is 0. The van der Waals surface area contributed by atoms with E-state index in [1.165, 1.54) is 24.5 Å². The second kappa shape index (κ2) is 5.43. The molecule has 0 bridgehead atoms. The maximum Gasteiger partial charge on any atom is 0.416 e. The van der Waals surface area contributed by atoms with Crippen LogP contribution in [0, 0.1) is 0 Å². The molecule has 110 valence electrons. The fourth-order valence-corrected chi connectivity index (χ4v) is 2.38. The van der Waals surface area contributed by atoms with Gasteiger partial charge in [-0.05, 0) is 48.1 Å². The molecule has 1 aliphatic rings. The molecule has 21 heavy (non-hydrogen) atoms. The molecule has 4 heteroatoms. The zero-order chi connectivity index (χ0) is 14.9. The van der Waals surface area contributed by atoms with Gasteiger partial charge in [0, 0.05) is 12.2 Å². The lowest BCUT2D eigenvalue weighted by molar-refractivity contribution is -0.137. The van der Waals surface area contributed by atoms with Crippen LogP contribution in [0.15, 0.2) is 48.5 Å². The Hall–Kier alpha value is -1.97. The number of nitrogens with one attached hydrogen (secondary N) is 1. The highest BCUT2D eigenvalue weighted by molar-refractivity contribution is 5.47. The predicted octanol–water partition coefficient (Wildman–Crippen LogP) is 5.19. The van der Waals surface area contributed by atoms with Crippen LogP contribution in [0.2, 0.25) is 0 Å². The Bertz CT molecular complexity index is 630. The van der Waals surface area contributed by atoms with E-state index in [2.05, 4.69) is 17.4 Å². The van der Waals surface area contributed by atoms with Crippen molar-refractivity contribution in [1.82, 2.24) is 0 Å². The van der Waals surface area contributed by atoms with Crippen LogP contribution in [0.4, 0.5) is 18.9 Å². The van der Waals surface area contributed by atoms with E-state index in [1.807, 2.05) is 12.1 Å². The standard InChI is InChI=1S/C17H16F3N/c18-17(19,20)15-5-2-6-16(10-15)21-11-12-3-1-4-14(9-12)13-7-8-13/h1-6,9-10,13,21H,7-8,11H2. The summed E-state index contributed by atoms with van der Waals surface area (Å²) in [5, 5.41) is 3.06. The van der Waals surface area contributed by atoms with Gasteiger partial charge in [0.2, 0.25) is 0 Å². The summed E-state index contributed by atoms with van der Waals surface area (Å²) in [5.41, 5.74) is 2.29. The van der Waals surface area contributed by atoms with Crippen LogP contribution in [0.3, 0.4) is 0 Å². The molecule has 0 saturated heterocycles. The molecule has 0 heterocycles. The van der Waals surface area contributed by atoms with E-state index in [1.54, 1.807) is 6.07 Å². The molecular formula is C17H16F3N. The van der Waals surface area contributed by atoms with Crippen molar-refractivity contribution >= 4 is 5.69 Å². The van der Waals surface area contributed by atoms with Gasteiger partial charge in [-0.3, -0.25) is 0 Å². The molecule has 1 aliphatic carbocycles. The average Bonchev–Trinajstić information content (AvgIpc) is 3.30. The summed E-state index contributed by atoms with van der Waals surface area (Å²) in [4.78, 5) is 0. The molecule has 2 aromatic carbocycles. The largest absolute Gasteiger partial charge is 0.416 e. The summed E-state index contributed by atoms with van der Waals surface area (Å²) in [6.45, 7) is 0.530. The summed E-state index contributed by atoms with van der Waals surface area (Å²) in [6, 6.07) is 13.6. The van der Waals surface area contributed by atoms with E-state index >= 15 is 0 Å². The minimum absolute atomic E-state index is 0.488. The summed E-state index contributed by atoms with van der Waals surface area (Å²) in [6.07, 6.45) is -1.82. The highest BCUT2D eigenvalue weighted by Gasteiger charge is 2.30. The van der Waals surface area contributed by atoms with E-state index < -0.39 is 11.7 Å². The summed E-state index contributed by atoms with van der Waals surface area (Å²) >= 11 is 0. The fourth-order valence-electron chi connectivity index (χ4n) is 2.38. The quantitative estimate of drug-likeness (QED) is 0.817. The van der Waals surface area contributed by atoms with Gasteiger partial charge in [0.15, 0.2) is 0 Å². The maximum absolute atomic E-state index is 12.7. The SMILES string of the molecule is FC(F)(F)c1cccc(NCc2cccc(C3CC3)c2)c1. The van der Waals surface area contributed by atoms with Crippen LogP contribution in [-0.4, -0.2) is 0 Å². The second-order valence-corrected chi connectivity index (χ2v) is 5.45. The number of alkyl halides is 3. The van der Waals surface area contributed by atoms with Crippen LogP contribution in [0.1, 0.15) is 35.4 Å². The zero-order valence-corrected chi connectivity index (χ0v) is 11.5. The Balaban J connectivity index is 1.68. The summed E-state index contributed by atoms with van der Waals surface area (Å²) in [5.74, 6) is 0.679. The molecule has 0 aromatic heterocycles. The average molecular weight is 291 g/mol. The molecule has 3 rings (SSSR count). The highest BCUT2D eigenvalue weighted by Crippen LogP contribution is 2.40. The molecule has 0 aliphatic heterocycles. The van der Waals surface area contributed by atoms with Crippen LogP contribution in [0.25, 0.3) is 0 Å². The van der Waals surface area contributed by atoms with Crippen molar-refractivity contribution in [2.45, 2.75) is 31.5 Å². The zero-order valence-electron chi connectivity index (χ0n) is 11.5. The van der Waals surface area contributed by atoms with Crippen molar-refractivity contribution in [2.75, 3.05) is 5.32 Å². The maximum atomic E-state index is 12.7. The van der Waals surface area contributed by atoms with E-state index in [9.17, 15) is 13.2 Å². The number of hydrogen-bond acceptors (Lipinski definition) is 1. The van der Waals surface area contributed by atoms with Gasteiger partial charge in [-0.25, -0.2) is 0 Å². The topological polar surface area (TPSA) is 12.0 Å². The molecule has 0 radical (unpaired) electrons. The van der Waals surface area contributed by atoms with Crippen LogP contribution >= 0.6 is 0 Å². The first-order valence-electron chi connectivity index (χ1n) is 7.02. The van der Waals surface area contributed by atoms with Gasteiger partial charge in [0.05, 0.1) is 5.56 Å². The lowest BCUT2D eigenvalue weighted by Crippen LogP contribution is -2.06. The first-order chi connectivity index (χ1) is 10.0. The molecule has 0 unspecified atom stereocenters. The van der Waals surface area contributed by atoms with E-state index in [-0.39, 0.29) is 0 Å². The normalized spacial score (nSPS) is 15.0. The van der Waals surface area contributed by atoms with E-state index in [0.717, 1.165) is 17.7 Å². The second-order valence-electron chi connectivity index (χ2n) is 5.45. The minimum atomic E-state index is -4.30. The number of benzene rings is 2. The Morgan fingerprint density at radius 3 is 2.48 bits per heavy atom. The van der Waals surface area contributed by atoms with Gasteiger partial charge in [0.1, 0.15) is 0 Å². The van der Waals surface area contributed by atoms with E-state index in [4.69, 9.17) is 0 Å². The van der Waals surface area contributed by atoms with Crippen molar-refractivity contribution in [3.8, 4) is 0 Å². The Kier molecular flexibility index (Phi) is 3.62. The molecule has 0 spiro atoms. The van der Waals surface area contributed by atoms with E-state index in [0.29, 0.717) is 18.2 Å². The van der Waals surface area contributed by atoms with Crippen LogP contribution in [-0.2, 0) is 12.7 Å². The monoisotopic (exact) mass is 291 g/mol. The number of rotatable bonds is 4. The number of anilines is 1. The van der Waals surface area contributed by atoms with Crippen molar-refractivity contribution in [1.29, 1.82) is 0 Å². The minimum Gasteiger partial charge on any atom is -0.381 e. The van der Waals surface area contributed by atoms with Crippen molar-refractivity contribution in [3.05, 3.63) is 65.2 Å². The molecule has 2 aromatic rings. The van der Waals surface area contributed by atoms with Gasteiger partial charge >= 0.3 is 6.18 Å². The molecular weight excluding hydrogens is 275 g/mol. The van der Waals surface area contributed by atoms with Gasteiger partial charge in [-0.15, -0.1) is 0 Å². The third kappa shape index (κ3) is 3.57. The van der Waals surface area contributed by atoms with Gasteiger partial charge in [0.25, 0.3) is 0 Å². The van der Waals surface area contributed by atoms with Crippen molar-refractivity contribution in [2.24, 2.45) is 0 Å². The third-order valence-electron chi connectivity index (χ3n) is 3.69. The fraction of sp³-hybridized carbons (Fsp3) is 0.294. The highest BCUT2D eigenvalue weighted by atomic mass is 19.4. The Morgan fingerprint density at radius 1 is 1.00 bits per heavy atom. The summed E-state index contributed by atoms with van der Waals surface area (Å²) < 4.78 is 38.0.